The third-order valence-corrected chi connectivity index (χ3v) is 7.49. The Morgan fingerprint density at radius 3 is 2.63 bits per heavy atom. The number of hydrogen-bond donors (Lipinski definition) is 0. The van der Waals surface area contributed by atoms with Crippen molar-refractivity contribution in [3.63, 3.8) is 0 Å². The first-order valence-electron chi connectivity index (χ1n) is 10.2. The first kappa shape index (κ1) is 19.3. The zero-order valence-corrected chi connectivity index (χ0v) is 17.9. The highest BCUT2D eigenvalue weighted by molar-refractivity contribution is 8.01. The number of carbonyl (C=O) groups is 2. The molecule has 0 unspecified atom stereocenters. The Balaban J connectivity index is 1.59. The van der Waals surface area contributed by atoms with Crippen LogP contribution < -0.4 is 14.4 Å². The molecule has 0 aromatic heterocycles. The van der Waals surface area contributed by atoms with E-state index in [-0.39, 0.29) is 17.7 Å². The molecule has 5 rings (SSSR count). The molecular formula is C23H24N2O4S. The van der Waals surface area contributed by atoms with Gasteiger partial charge in [-0.15, -0.1) is 11.8 Å². The second-order valence-electron chi connectivity index (χ2n) is 7.88. The molecule has 1 saturated heterocycles. The van der Waals surface area contributed by atoms with Gasteiger partial charge in [0.25, 0.3) is 5.91 Å². The maximum absolute atomic E-state index is 13.9. The largest absolute Gasteiger partial charge is 0.497 e. The molecule has 0 N–H and O–H groups in total. The summed E-state index contributed by atoms with van der Waals surface area (Å²) in [6.07, 6.45) is 1.84. The molecule has 30 heavy (non-hydrogen) atoms. The number of rotatable bonds is 5. The molecule has 1 spiro atoms. The quantitative estimate of drug-likeness (QED) is 0.736. The number of methoxy groups -OCH3 is 2. The Bertz CT molecular complexity index is 1020. The Morgan fingerprint density at radius 1 is 1.13 bits per heavy atom. The first-order chi connectivity index (χ1) is 14.6. The summed E-state index contributed by atoms with van der Waals surface area (Å²) in [7, 11) is 3.25. The highest BCUT2D eigenvalue weighted by Gasteiger charge is 2.60. The highest BCUT2D eigenvalue weighted by Crippen LogP contribution is 2.56. The second-order valence-corrected chi connectivity index (χ2v) is 9.17. The number of thioether (sulfide) groups is 1. The van der Waals surface area contributed by atoms with E-state index in [1.807, 2.05) is 47.4 Å². The minimum absolute atomic E-state index is 0.0509. The standard InChI is InChI=1S/C23H24N2O4S/c1-28-17-5-3-4-15(12-17)14-24-20-9-8-18(29-2)13-19(20)23(22(24)27)25(10-11-30-23)21(26)16-6-7-16/h3-5,8-9,12-13,16H,6-7,10-11,14H2,1-2H3/t23-/m1/s1. The van der Waals surface area contributed by atoms with Crippen LogP contribution in [0.5, 0.6) is 11.5 Å². The summed E-state index contributed by atoms with van der Waals surface area (Å²) >= 11 is 1.56. The van der Waals surface area contributed by atoms with Gasteiger partial charge in [-0.05, 0) is 48.7 Å². The van der Waals surface area contributed by atoms with Gasteiger partial charge in [0.2, 0.25) is 5.91 Å². The van der Waals surface area contributed by atoms with E-state index in [2.05, 4.69) is 0 Å². The topological polar surface area (TPSA) is 59.1 Å². The summed E-state index contributed by atoms with van der Waals surface area (Å²) in [4.78, 5) is 29.7. The molecule has 2 aromatic rings. The molecular weight excluding hydrogens is 400 g/mol. The summed E-state index contributed by atoms with van der Waals surface area (Å²) in [6.45, 7) is 1.01. The van der Waals surface area contributed by atoms with Crippen molar-refractivity contribution in [1.82, 2.24) is 4.90 Å². The fraction of sp³-hybridized carbons (Fsp3) is 0.391. The minimum atomic E-state index is -0.998. The van der Waals surface area contributed by atoms with Crippen LogP contribution in [0.15, 0.2) is 42.5 Å². The molecule has 7 heteroatoms. The van der Waals surface area contributed by atoms with Crippen molar-refractivity contribution in [2.24, 2.45) is 5.92 Å². The molecule has 156 valence electrons. The van der Waals surface area contributed by atoms with E-state index < -0.39 is 4.87 Å². The number of carbonyl (C=O) groups excluding carboxylic acids is 2. The zero-order valence-electron chi connectivity index (χ0n) is 17.1. The van der Waals surface area contributed by atoms with Gasteiger partial charge in [0, 0.05) is 23.8 Å². The van der Waals surface area contributed by atoms with Crippen LogP contribution >= 0.6 is 11.8 Å². The molecule has 2 heterocycles. The van der Waals surface area contributed by atoms with Crippen LogP contribution in [0.1, 0.15) is 24.0 Å². The van der Waals surface area contributed by atoms with Crippen LogP contribution in [0.4, 0.5) is 5.69 Å². The maximum atomic E-state index is 13.9. The lowest BCUT2D eigenvalue weighted by molar-refractivity contribution is -0.141. The number of nitrogens with zero attached hydrogens (tertiary/aromatic N) is 2. The molecule has 0 radical (unpaired) electrons. The number of fused-ring (bicyclic) bond motifs is 2. The van der Waals surface area contributed by atoms with Crippen molar-refractivity contribution < 1.29 is 19.1 Å². The van der Waals surface area contributed by atoms with Crippen LogP contribution in [0.25, 0.3) is 0 Å². The lowest BCUT2D eigenvalue weighted by Crippen LogP contribution is -2.50. The number of anilines is 1. The zero-order chi connectivity index (χ0) is 20.9. The fourth-order valence-corrected chi connectivity index (χ4v) is 5.86. The van der Waals surface area contributed by atoms with E-state index in [0.717, 1.165) is 41.2 Å². The van der Waals surface area contributed by atoms with Crippen LogP contribution in [0.2, 0.25) is 0 Å². The average Bonchev–Trinajstić information content (AvgIpc) is 3.50. The SMILES string of the molecule is COc1cccc(CN2C(=O)[C@]3(SCCN3C(=O)C3CC3)c3cc(OC)ccc32)c1. The second kappa shape index (κ2) is 7.23. The summed E-state index contributed by atoms with van der Waals surface area (Å²) in [6, 6.07) is 13.5. The Labute approximate surface area is 180 Å². The average molecular weight is 425 g/mol. The van der Waals surface area contributed by atoms with E-state index in [1.165, 1.54) is 0 Å². The molecule has 1 aliphatic carbocycles. The van der Waals surface area contributed by atoms with Crippen molar-refractivity contribution in [3.8, 4) is 11.5 Å². The van der Waals surface area contributed by atoms with Gasteiger partial charge in [-0.2, -0.15) is 0 Å². The normalized spacial score (nSPS) is 22.5. The van der Waals surface area contributed by atoms with E-state index in [1.54, 1.807) is 30.9 Å². The molecule has 2 aromatic carbocycles. The molecule has 6 nitrogen and oxygen atoms in total. The molecule has 2 amide bonds. The minimum Gasteiger partial charge on any atom is -0.497 e. The summed E-state index contributed by atoms with van der Waals surface area (Å²) in [5, 5.41) is 0. The van der Waals surface area contributed by atoms with E-state index >= 15 is 0 Å². The van der Waals surface area contributed by atoms with Crippen LogP contribution in [0.3, 0.4) is 0 Å². The summed E-state index contributed by atoms with van der Waals surface area (Å²) in [5.41, 5.74) is 2.67. The van der Waals surface area contributed by atoms with E-state index in [0.29, 0.717) is 18.8 Å². The molecule has 3 aliphatic rings. The number of ether oxygens (including phenoxy) is 2. The van der Waals surface area contributed by atoms with Gasteiger partial charge in [-0.1, -0.05) is 12.1 Å². The molecule has 2 fully saturated rings. The van der Waals surface area contributed by atoms with Gasteiger partial charge in [0.15, 0.2) is 4.87 Å². The predicted octanol–water partition coefficient (Wildman–Crippen LogP) is 3.39. The van der Waals surface area contributed by atoms with Gasteiger partial charge in [-0.25, -0.2) is 0 Å². The molecule has 2 aliphatic heterocycles. The van der Waals surface area contributed by atoms with Crippen molar-refractivity contribution in [3.05, 3.63) is 53.6 Å². The monoisotopic (exact) mass is 424 g/mol. The fourth-order valence-electron chi connectivity index (χ4n) is 4.40. The Hall–Kier alpha value is -2.67. The summed E-state index contributed by atoms with van der Waals surface area (Å²) < 4.78 is 10.8. The molecule has 1 atom stereocenters. The van der Waals surface area contributed by atoms with Crippen LogP contribution in [0, 0.1) is 5.92 Å². The Morgan fingerprint density at radius 2 is 1.90 bits per heavy atom. The van der Waals surface area contributed by atoms with Crippen molar-refractivity contribution in [2.45, 2.75) is 24.3 Å². The third-order valence-electron chi connectivity index (χ3n) is 6.07. The van der Waals surface area contributed by atoms with Gasteiger partial charge in [-0.3, -0.25) is 9.59 Å². The van der Waals surface area contributed by atoms with Crippen molar-refractivity contribution in [1.29, 1.82) is 0 Å². The lowest BCUT2D eigenvalue weighted by atomic mass is 10.0. The number of benzene rings is 2. The van der Waals surface area contributed by atoms with E-state index in [4.69, 9.17) is 9.47 Å². The van der Waals surface area contributed by atoms with Crippen LogP contribution in [-0.2, 0) is 21.0 Å². The third kappa shape index (κ3) is 2.87. The lowest BCUT2D eigenvalue weighted by Gasteiger charge is -2.33. The predicted molar refractivity (Wildman–Crippen MR) is 116 cm³/mol. The maximum Gasteiger partial charge on any atom is 0.268 e. The van der Waals surface area contributed by atoms with Gasteiger partial charge in [0.1, 0.15) is 11.5 Å². The summed E-state index contributed by atoms with van der Waals surface area (Å²) in [5.74, 6) is 2.30. The number of hydrogen-bond acceptors (Lipinski definition) is 5. The van der Waals surface area contributed by atoms with Gasteiger partial charge < -0.3 is 19.3 Å². The van der Waals surface area contributed by atoms with Crippen LogP contribution in [-0.4, -0.2) is 43.2 Å². The smallest absolute Gasteiger partial charge is 0.268 e. The van der Waals surface area contributed by atoms with Gasteiger partial charge >= 0.3 is 0 Å². The Kier molecular flexibility index (Phi) is 4.65. The first-order valence-corrected chi connectivity index (χ1v) is 11.2. The van der Waals surface area contributed by atoms with Gasteiger partial charge in [0.05, 0.1) is 26.5 Å². The molecule has 0 bridgehead atoms. The molecule has 1 saturated carbocycles. The number of amides is 2. The van der Waals surface area contributed by atoms with E-state index in [9.17, 15) is 9.59 Å². The highest BCUT2D eigenvalue weighted by atomic mass is 32.2. The van der Waals surface area contributed by atoms with Crippen molar-refractivity contribution in [2.75, 3.05) is 31.4 Å². The van der Waals surface area contributed by atoms with Crippen molar-refractivity contribution >= 4 is 29.3 Å².